The van der Waals surface area contributed by atoms with E-state index in [0.29, 0.717) is 18.0 Å². The topological polar surface area (TPSA) is 71.5 Å². The molecule has 1 atom stereocenters. The molecule has 3 aromatic rings. The lowest BCUT2D eigenvalue weighted by Gasteiger charge is -2.41. The van der Waals surface area contributed by atoms with Crippen LogP contribution in [0.3, 0.4) is 0 Å². The Kier molecular flexibility index (Phi) is 4.19. The maximum absolute atomic E-state index is 11.8. The number of nitrogens with one attached hydrogen (secondary N) is 1. The van der Waals surface area contributed by atoms with Gasteiger partial charge in [-0.15, -0.1) is 0 Å². The van der Waals surface area contributed by atoms with Crippen molar-refractivity contribution in [3.05, 3.63) is 40.9 Å². The summed E-state index contributed by atoms with van der Waals surface area (Å²) in [5, 5.41) is 15.9. The van der Waals surface area contributed by atoms with Crippen LogP contribution in [0, 0.1) is 5.41 Å². The van der Waals surface area contributed by atoms with Gasteiger partial charge in [0.05, 0.1) is 29.2 Å². The molecular formula is C22H23ClN2O3. The van der Waals surface area contributed by atoms with Gasteiger partial charge >= 0.3 is 5.97 Å². The van der Waals surface area contributed by atoms with E-state index >= 15 is 0 Å². The fraction of sp³-hybridized carbons (Fsp3) is 0.364. The molecule has 0 radical (unpaired) electrons. The number of methoxy groups -OCH3 is 1. The van der Waals surface area contributed by atoms with Crippen molar-refractivity contribution >= 4 is 45.1 Å². The van der Waals surface area contributed by atoms with Crippen molar-refractivity contribution in [1.82, 2.24) is 4.98 Å². The molecule has 0 saturated heterocycles. The number of anilines is 1. The van der Waals surface area contributed by atoms with E-state index in [4.69, 9.17) is 21.3 Å². The molecule has 6 heteroatoms. The molecule has 1 unspecified atom stereocenters. The fourth-order valence-electron chi connectivity index (χ4n) is 4.52. The summed E-state index contributed by atoms with van der Waals surface area (Å²) in [5.74, 6) is -0.0500. The minimum absolute atomic E-state index is 0.429. The lowest BCUT2D eigenvalue weighted by Crippen LogP contribution is -2.41. The third kappa shape index (κ3) is 2.76. The molecule has 1 aliphatic heterocycles. The van der Waals surface area contributed by atoms with Crippen LogP contribution in [0.2, 0.25) is 5.02 Å². The maximum Gasteiger partial charge on any atom is 0.309 e. The normalized spacial score (nSPS) is 18.9. The maximum atomic E-state index is 11.8. The van der Waals surface area contributed by atoms with E-state index in [1.807, 2.05) is 30.3 Å². The van der Waals surface area contributed by atoms with Gasteiger partial charge in [-0.05, 0) is 50.6 Å². The van der Waals surface area contributed by atoms with Gasteiger partial charge in [0.2, 0.25) is 0 Å². The molecule has 2 N–H and O–H groups in total. The number of fused-ring (bicyclic) bond motifs is 2. The number of aromatic nitrogens is 1. The van der Waals surface area contributed by atoms with Crippen LogP contribution in [-0.2, 0) is 10.2 Å². The van der Waals surface area contributed by atoms with Crippen LogP contribution >= 0.6 is 11.6 Å². The molecule has 0 fully saturated rings. The summed E-state index contributed by atoms with van der Waals surface area (Å²) in [6.45, 7) is 6.23. The number of carboxylic acids is 1. The van der Waals surface area contributed by atoms with E-state index in [0.717, 1.165) is 38.8 Å². The van der Waals surface area contributed by atoms with Gasteiger partial charge in [-0.1, -0.05) is 18.5 Å². The van der Waals surface area contributed by atoms with E-state index in [1.54, 1.807) is 21.0 Å². The number of ether oxygens (including phenoxy) is 1. The van der Waals surface area contributed by atoms with Crippen molar-refractivity contribution in [3.63, 3.8) is 0 Å². The molecule has 0 spiro atoms. The number of carbonyl (C=O) groups is 1. The lowest BCUT2D eigenvalue weighted by molar-refractivity contribution is -0.148. The van der Waals surface area contributed by atoms with Crippen LogP contribution in [0.5, 0.6) is 5.75 Å². The fourth-order valence-corrected chi connectivity index (χ4v) is 4.68. The molecule has 0 bridgehead atoms. The van der Waals surface area contributed by atoms with Gasteiger partial charge in [0.25, 0.3) is 0 Å². The second kappa shape index (κ2) is 6.24. The van der Waals surface area contributed by atoms with E-state index in [2.05, 4.69) is 12.2 Å². The van der Waals surface area contributed by atoms with Crippen molar-refractivity contribution in [2.75, 3.05) is 19.0 Å². The van der Waals surface area contributed by atoms with Crippen LogP contribution in [0.4, 0.5) is 5.69 Å². The number of hydrogen-bond acceptors (Lipinski definition) is 4. The van der Waals surface area contributed by atoms with Crippen LogP contribution in [0.1, 0.15) is 32.8 Å². The summed E-state index contributed by atoms with van der Waals surface area (Å²) in [5.41, 5.74) is 2.37. The Labute approximate surface area is 168 Å². The monoisotopic (exact) mass is 398 g/mol. The molecule has 4 rings (SSSR count). The van der Waals surface area contributed by atoms with E-state index in [1.165, 1.54) is 0 Å². The molecule has 2 aromatic carbocycles. The van der Waals surface area contributed by atoms with Gasteiger partial charge in [-0.25, -0.2) is 4.98 Å². The number of carboxylic acid groups (broad SMARTS) is 1. The Hall–Kier alpha value is -2.53. The number of benzene rings is 2. The van der Waals surface area contributed by atoms with Gasteiger partial charge in [-0.2, -0.15) is 0 Å². The van der Waals surface area contributed by atoms with Crippen molar-refractivity contribution < 1.29 is 14.6 Å². The first-order valence-corrected chi connectivity index (χ1v) is 9.62. The lowest BCUT2D eigenvalue weighted by atomic mass is 9.67. The summed E-state index contributed by atoms with van der Waals surface area (Å²) in [7, 11) is 1.65. The number of nitrogens with zero attached hydrogens (tertiary/aromatic N) is 1. The summed E-state index contributed by atoms with van der Waals surface area (Å²) in [4.78, 5) is 16.6. The van der Waals surface area contributed by atoms with Gasteiger partial charge in [0, 0.05) is 33.3 Å². The third-order valence-corrected chi connectivity index (χ3v) is 5.99. The van der Waals surface area contributed by atoms with Crippen molar-refractivity contribution in [2.45, 2.75) is 32.6 Å². The van der Waals surface area contributed by atoms with E-state index < -0.39 is 16.8 Å². The minimum Gasteiger partial charge on any atom is -0.496 e. The second-order valence-electron chi connectivity index (χ2n) is 8.47. The molecule has 0 aliphatic carbocycles. The molecule has 28 heavy (non-hydrogen) atoms. The SMILES string of the molecule is COc1ccc2nc3cc(Cl)ccc3c3c2c1C(C)(CC(C)(C)C(=O)O)CN3. The highest BCUT2D eigenvalue weighted by atomic mass is 35.5. The molecular weight excluding hydrogens is 376 g/mol. The molecule has 5 nitrogen and oxygen atoms in total. The first kappa shape index (κ1) is 18.8. The zero-order valence-corrected chi connectivity index (χ0v) is 17.1. The van der Waals surface area contributed by atoms with Gasteiger partial charge < -0.3 is 15.2 Å². The van der Waals surface area contributed by atoms with Gasteiger partial charge in [-0.3, -0.25) is 4.79 Å². The number of aliphatic carboxylic acids is 1. The summed E-state index contributed by atoms with van der Waals surface area (Å²) in [6, 6.07) is 9.55. The molecule has 0 amide bonds. The molecule has 1 aliphatic rings. The summed E-state index contributed by atoms with van der Waals surface area (Å²) < 4.78 is 5.71. The minimum atomic E-state index is -0.876. The smallest absolute Gasteiger partial charge is 0.309 e. The average molecular weight is 399 g/mol. The molecule has 146 valence electrons. The Morgan fingerprint density at radius 1 is 1.32 bits per heavy atom. The van der Waals surface area contributed by atoms with Gasteiger partial charge in [0.15, 0.2) is 0 Å². The Morgan fingerprint density at radius 2 is 2.07 bits per heavy atom. The second-order valence-corrected chi connectivity index (χ2v) is 8.90. The summed E-state index contributed by atoms with van der Waals surface area (Å²) in [6.07, 6.45) is 0.468. The molecule has 0 saturated carbocycles. The van der Waals surface area contributed by atoms with Crippen molar-refractivity contribution in [1.29, 1.82) is 0 Å². The Balaban J connectivity index is 2.05. The van der Waals surface area contributed by atoms with Crippen LogP contribution in [0.15, 0.2) is 30.3 Å². The third-order valence-electron chi connectivity index (χ3n) is 5.75. The highest BCUT2D eigenvalue weighted by molar-refractivity contribution is 6.31. The van der Waals surface area contributed by atoms with E-state index in [-0.39, 0.29) is 0 Å². The number of pyridine rings is 1. The van der Waals surface area contributed by atoms with Crippen molar-refractivity contribution in [3.8, 4) is 5.75 Å². The Morgan fingerprint density at radius 3 is 2.75 bits per heavy atom. The quantitative estimate of drug-likeness (QED) is 0.588. The van der Waals surface area contributed by atoms with Crippen LogP contribution in [-0.4, -0.2) is 29.7 Å². The standard InChI is InChI=1S/C22H23ClN2O3/c1-21(2,20(26)27)10-22(3)11-24-19-13-6-5-12(23)9-15(13)25-14-7-8-16(28-4)18(22)17(14)19/h5-9,24H,10-11H2,1-4H3,(H,26,27). The highest BCUT2D eigenvalue weighted by Gasteiger charge is 2.43. The first-order chi connectivity index (χ1) is 13.2. The zero-order chi connectivity index (χ0) is 20.3. The predicted octanol–water partition coefficient (Wildman–Crippen LogP) is 5.23. The van der Waals surface area contributed by atoms with Crippen molar-refractivity contribution in [2.24, 2.45) is 5.41 Å². The average Bonchev–Trinajstić information content (AvgIpc) is 2.63. The number of rotatable bonds is 4. The highest BCUT2D eigenvalue weighted by Crippen LogP contribution is 2.50. The largest absolute Gasteiger partial charge is 0.496 e. The number of halogens is 1. The Bertz CT molecular complexity index is 1130. The molecule has 1 aromatic heterocycles. The van der Waals surface area contributed by atoms with Crippen LogP contribution in [0.25, 0.3) is 21.8 Å². The van der Waals surface area contributed by atoms with Gasteiger partial charge in [0.1, 0.15) is 5.75 Å². The zero-order valence-electron chi connectivity index (χ0n) is 16.4. The molecule has 2 heterocycles. The summed E-state index contributed by atoms with van der Waals surface area (Å²) >= 11 is 6.17. The first-order valence-electron chi connectivity index (χ1n) is 9.24. The van der Waals surface area contributed by atoms with E-state index in [9.17, 15) is 9.90 Å². The van der Waals surface area contributed by atoms with Crippen LogP contribution < -0.4 is 10.1 Å². The number of hydrogen-bond donors (Lipinski definition) is 2. The predicted molar refractivity (Wildman–Crippen MR) is 113 cm³/mol.